The van der Waals surface area contributed by atoms with Crippen molar-refractivity contribution < 1.29 is 19.1 Å². The Balaban J connectivity index is 2.02. The van der Waals surface area contributed by atoms with Crippen LogP contribution in [-0.2, 0) is 25.3 Å². The molecule has 1 fully saturated rings. The molecule has 3 atom stereocenters. The molecule has 1 aliphatic heterocycles. The largest absolute Gasteiger partial charge is 0.487 e. The molecule has 3 rings (SSSR count). The van der Waals surface area contributed by atoms with Crippen LogP contribution in [0.1, 0.15) is 111 Å². The van der Waals surface area contributed by atoms with E-state index in [9.17, 15) is 9.59 Å². The third-order valence-electron chi connectivity index (χ3n) is 7.74. The van der Waals surface area contributed by atoms with Crippen LogP contribution >= 0.6 is 0 Å². The van der Waals surface area contributed by atoms with Crippen molar-refractivity contribution >= 4 is 11.9 Å². The Morgan fingerprint density at radius 1 is 1.15 bits per heavy atom. The molecule has 1 saturated carbocycles. The highest BCUT2D eigenvalue weighted by Crippen LogP contribution is 2.57. The average Bonchev–Trinajstić information content (AvgIpc) is 2.69. The van der Waals surface area contributed by atoms with Crippen LogP contribution < -0.4 is 10.1 Å². The number of fused-ring (bicyclic) bond motifs is 3. The summed E-state index contributed by atoms with van der Waals surface area (Å²) in [5.74, 6) is 0.468. The lowest BCUT2D eigenvalue weighted by atomic mass is 9.62. The van der Waals surface area contributed by atoms with E-state index >= 15 is 0 Å². The molecule has 1 aromatic rings. The van der Waals surface area contributed by atoms with E-state index in [1.807, 2.05) is 0 Å². The Bertz CT molecular complexity index is 875. The highest BCUT2D eigenvalue weighted by Gasteiger charge is 2.59. The van der Waals surface area contributed by atoms with E-state index < -0.39 is 11.2 Å². The summed E-state index contributed by atoms with van der Waals surface area (Å²) >= 11 is 0. The second-order valence-corrected chi connectivity index (χ2v) is 11.3. The molecular weight excluding hydrogens is 414 g/mol. The van der Waals surface area contributed by atoms with E-state index in [-0.39, 0.29) is 29.3 Å². The van der Waals surface area contributed by atoms with Gasteiger partial charge in [0.15, 0.2) is 0 Å². The maximum absolute atomic E-state index is 12.4. The molecule has 184 valence electrons. The molecule has 1 unspecified atom stereocenters. The Morgan fingerprint density at radius 3 is 2.52 bits per heavy atom. The Kier molecular flexibility index (Phi) is 7.50. The molecule has 5 heteroatoms. The molecule has 5 nitrogen and oxygen atoms in total. The molecule has 1 amide bonds. The van der Waals surface area contributed by atoms with E-state index in [2.05, 4.69) is 58.1 Å². The lowest BCUT2D eigenvalue weighted by molar-refractivity contribution is -0.195. The van der Waals surface area contributed by atoms with E-state index in [0.29, 0.717) is 6.42 Å². The van der Waals surface area contributed by atoms with Crippen LogP contribution in [0.15, 0.2) is 18.2 Å². The number of nitrogens with one attached hydrogen (secondary N) is 1. The minimum atomic E-state index is -0.807. The number of amides is 1. The number of hydrogen-bond acceptors (Lipinski definition) is 4. The summed E-state index contributed by atoms with van der Waals surface area (Å²) in [6, 6.07) is 6.43. The molecule has 0 radical (unpaired) electrons. The SMILES string of the molecule is CCCCCCC(C)(C)c1ccc2c(c1)OC(C)(C)[C@@H]1CCC(NC(C)=O)C[C@@]21OC(C)=O. The molecule has 0 spiro atoms. The number of hydrogen-bond donors (Lipinski definition) is 1. The number of ether oxygens (including phenoxy) is 2. The second kappa shape index (κ2) is 9.68. The van der Waals surface area contributed by atoms with Crippen LogP contribution in [-0.4, -0.2) is 23.5 Å². The molecule has 0 saturated heterocycles. The van der Waals surface area contributed by atoms with Gasteiger partial charge in [0.05, 0.1) is 0 Å². The summed E-state index contributed by atoms with van der Waals surface area (Å²) < 4.78 is 12.8. The van der Waals surface area contributed by atoms with Crippen molar-refractivity contribution in [3.8, 4) is 5.75 Å². The molecule has 0 aromatic heterocycles. The van der Waals surface area contributed by atoms with E-state index in [1.54, 1.807) is 6.92 Å². The highest BCUT2D eigenvalue weighted by molar-refractivity contribution is 5.73. The van der Waals surface area contributed by atoms with Gasteiger partial charge in [-0.15, -0.1) is 0 Å². The fraction of sp³-hybridized carbons (Fsp3) is 0.714. The van der Waals surface area contributed by atoms with Gasteiger partial charge in [-0.2, -0.15) is 0 Å². The number of carbonyl (C=O) groups excluding carboxylic acids is 2. The lowest BCUT2D eigenvalue weighted by Crippen LogP contribution is -2.60. The summed E-state index contributed by atoms with van der Waals surface area (Å²) in [7, 11) is 0. The van der Waals surface area contributed by atoms with Crippen molar-refractivity contribution in [3.63, 3.8) is 0 Å². The summed E-state index contributed by atoms with van der Waals surface area (Å²) in [4.78, 5) is 24.2. The number of carbonyl (C=O) groups is 2. The fourth-order valence-corrected chi connectivity index (χ4v) is 6.12. The first kappa shape index (κ1) is 25.6. The summed E-state index contributed by atoms with van der Waals surface area (Å²) in [6.45, 7) is 14.0. The molecule has 2 aliphatic rings. The van der Waals surface area contributed by atoms with Crippen molar-refractivity contribution in [1.29, 1.82) is 0 Å². The van der Waals surface area contributed by atoms with Crippen LogP contribution in [0.3, 0.4) is 0 Å². The average molecular weight is 458 g/mol. The van der Waals surface area contributed by atoms with Crippen LogP contribution in [0, 0.1) is 5.92 Å². The Hall–Kier alpha value is -2.04. The normalized spacial score (nSPS) is 25.9. The second-order valence-electron chi connectivity index (χ2n) is 11.3. The van der Waals surface area contributed by atoms with Gasteiger partial charge in [-0.3, -0.25) is 9.59 Å². The number of rotatable bonds is 8. The Morgan fingerprint density at radius 2 is 1.88 bits per heavy atom. The first-order valence-electron chi connectivity index (χ1n) is 12.7. The van der Waals surface area contributed by atoms with Crippen molar-refractivity contribution in [2.75, 3.05) is 0 Å². The summed E-state index contributed by atoms with van der Waals surface area (Å²) in [6.07, 6.45) is 8.33. The number of benzene rings is 1. The molecule has 1 heterocycles. The summed E-state index contributed by atoms with van der Waals surface area (Å²) in [5, 5.41) is 3.07. The van der Waals surface area contributed by atoms with Gasteiger partial charge >= 0.3 is 5.97 Å². The number of unbranched alkanes of at least 4 members (excludes halogenated alkanes) is 3. The first-order valence-corrected chi connectivity index (χ1v) is 12.7. The lowest BCUT2D eigenvalue weighted by Gasteiger charge is -2.55. The Labute approximate surface area is 200 Å². The quantitative estimate of drug-likeness (QED) is 0.374. The molecular formula is C28H43NO4. The van der Waals surface area contributed by atoms with Crippen LogP contribution in [0.4, 0.5) is 0 Å². The molecule has 0 bridgehead atoms. The molecule has 33 heavy (non-hydrogen) atoms. The van der Waals surface area contributed by atoms with Gasteiger partial charge in [-0.05, 0) is 50.2 Å². The van der Waals surface area contributed by atoms with Crippen molar-refractivity contribution in [3.05, 3.63) is 29.3 Å². The van der Waals surface area contributed by atoms with Gasteiger partial charge in [0.1, 0.15) is 17.0 Å². The highest BCUT2D eigenvalue weighted by atomic mass is 16.6. The smallest absolute Gasteiger partial charge is 0.303 e. The number of esters is 1. The monoisotopic (exact) mass is 457 g/mol. The maximum atomic E-state index is 12.4. The molecule has 1 aliphatic carbocycles. The molecule has 1 aromatic carbocycles. The zero-order valence-electron chi connectivity index (χ0n) is 21.7. The van der Waals surface area contributed by atoms with Gasteiger partial charge in [0.25, 0.3) is 0 Å². The van der Waals surface area contributed by atoms with Crippen LogP contribution in [0.5, 0.6) is 5.75 Å². The zero-order valence-corrected chi connectivity index (χ0v) is 21.7. The zero-order chi connectivity index (χ0) is 24.4. The van der Waals surface area contributed by atoms with E-state index in [1.165, 1.54) is 38.2 Å². The van der Waals surface area contributed by atoms with Gasteiger partial charge in [0.2, 0.25) is 5.91 Å². The third kappa shape index (κ3) is 5.38. The first-order chi connectivity index (χ1) is 15.4. The van der Waals surface area contributed by atoms with E-state index in [0.717, 1.165) is 30.6 Å². The van der Waals surface area contributed by atoms with Crippen LogP contribution in [0.2, 0.25) is 0 Å². The van der Waals surface area contributed by atoms with Crippen molar-refractivity contribution in [1.82, 2.24) is 5.32 Å². The van der Waals surface area contributed by atoms with Crippen LogP contribution in [0.25, 0.3) is 0 Å². The minimum Gasteiger partial charge on any atom is -0.487 e. The fourth-order valence-electron chi connectivity index (χ4n) is 6.12. The molecule has 1 N–H and O–H groups in total. The minimum absolute atomic E-state index is 0.0133. The van der Waals surface area contributed by atoms with Gasteiger partial charge in [-0.1, -0.05) is 58.6 Å². The van der Waals surface area contributed by atoms with Crippen molar-refractivity contribution in [2.45, 2.75) is 122 Å². The van der Waals surface area contributed by atoms with E-state index in [4.69, 9.17) is 9.47 Å². The van der Waals surface area contributed by atoms with Crippen molar-refractivity contribution in [2.24, 2.45) is 5.92 Å². The standard InChI is InChI=1S/C28H43NO4/c1-8-9-10-11-16-26(4,5)21-12-14-23-24(17-21)33-27(6,7)25-15-13-22(29-19(2)30)18-28(23,25)32-20(3)31/h12,14,17,22,25H,8-11,13,15-16,18H2,1-7H3,(H,29,30)/t22?,25-,28+/m0/s1. The van der Waals surface area contributed by atoms with Gasteiger partial charge < -0.3 is 14.8 Å². The topological polar surface area (TPSA) is 64.6 Å². The predicted octanol–water partition coefficient (Wildman–Crippen LogP) is 6.17. The third-order valence-corrected chi connectivity index (χ3v) is 7.74. The summed E-state index contributed by atoms with van der Waals surface area (Å²) in [5.41, 5.74) is 0.917. The van der Waals surface area contributed by atoms with Gasteiger partial charge in [0, 0.05) is 37.8 Å². The van der Waals surface area contributed by atoms with Gasteiger partial charge in [-0.25, -0.2) is 0 Å². The predicted molar refractivity (Wildman–Crippen MR) is 131 cm³/mol. The maximum Gasteiger partial charge on any atom is 0.303 e.